The van der Waals surface area contributed by atoms with E-state index in [4.69, 9.17) is 0 Å². The molecule has 2 heterocycles. The number of carbonyl (C=O) groups excluding carboxylic acids is 2. The molecule has 0 atom stereocenters. The van der Waals surface area contributed by atoms with Crippen LogP contribution in [-0.4, -0.2) is 25.7 Å². The first kappa shape index (κ1) is 19.4. The number of nitrogens with one attached hydrogen (secondary N) is 1. The lowest BCUT2D eigenvalue weighted by Gasteiger charge is -2.21. The normalized spacial score (nSPS) is 13.4. The summed E-state index contributed by atoms with van der Waals surface area (Å²) in [5.41, 5.74) is -0.488. The number of anilines is 1. The average molecular weight is 408 g/mol. The van der Waals surface area contributed by atoms with Gasteiger partial charge in [-0.05, 0) is 30.7 Å². The molecule has 2 aromatic heterocycles. The van der Waals surface area contributed by atoms with E-state index in [0.29, 0.717) is 17.8 Å². The second-order valence-electron chi connectivity index (χ2n) is 6.95. The predicted molar refractivity (Wildman–Crippen MR) is 108 cm³/mol. The van der Waals surface area contributed by atoms with E-state index >= 15 is 0 Å². The van der Waals surface area contributed by atoms with Crippen molar-refractivity contribution in [2.24, 2.45) is 14.1 Å². The molecule has 4 rings (SSSR count). The van der Waals surface area contributed by atoms with Crippen LogP contribution >= 0.6 is 0 Å². The van der Waals surface area contributed by atoms with Crippen molar-refractivity contribution in [1.29, 1.82) is 0 Å². The molecular formula is C21H17FN4O4. The SMILES string of the molecule is CCc1nc2c(c3c1C(=O)C(Nc1ccc(F)cc1)=CC3=O)c(=O)n(C)c(=O)n2C. The first-order chi connectivity index (χ1) is 14.2. The number of nitrogens with zero attached hydrogens (tertiary/aromatic N) is 3. The van der Waals surface area contributed by atoms with E-state index in [1.165, 1.54) is 42.9 Å². The Hall–Kier alpha value is -3.88. The molecule has 152 valence electrons. The summed E-state index contributed by atoms with van der Waals surface area (Å²) in [5, 5.41) is 2.77. The predicted octanol–water partition coefficient (Wildman–Crippen LogP) is 1.71. The molecular weight excluding hydrogens is 391 g/mol. The number of ketones is 2. The number of hydrogen-bond donors (Lipinski definition) is 1. The standard InChI is InChI=1S/C21H17FN4O4/c1-4-12-15-16(17-19(24-12)25(2)21(30)26(3)20(17)29)14(27)9-13(18(15)28)23-11-7-5-10(22)6-8-11/h5-9,23H,4H2,1-3H3. The first-order valence-corrected chi connectivity index (χ1v) is 9.20. The van der Waals surface area contributed by atoms with Crippen LogP contribution in [0.5, 0.6) is 0 Å². The van der Waals surface area contributed by atoms with E-state index in [-0.39, 0.29) is 27.9 Å². The fourth-order valence-electron chi connectivity index (χ4n) is 3.57. The molecule has 0 unspecified atom stereocenters. The van der Waals surface area contributed by atoms with Crippen molar-refractivity contribution >= 4 is 28.3 Å². The Bertz CT molecular complexity index is 1400. The van der Waals surface area contributed by atoms with Crippen molar-refractivity contribution in [3.63, 3.8) is 0 Å². The van der Waals surface area contributed by atoms with Gasteiger partial charge in [-0.3, -0.25) is 23.5 Å². The number of carbonyl (C=O) groups is 2. The van der Waals surface area contributed by atoms with Gasteiger partial charge in [-0.2, -0.15) is 0 Å². The van der Waals surface area contributed by atoms with Crippen molar-refractivity contribution in [3.8, 4) is 0 Å². The third kappa shape index (κ3) is 2.78. The van der Waals surface area contributed by atoms with Crippen molar-refractivity contribution in [1.82, 2.24) is 14.1 Å². The molecule has 0 radical (unpaired) electrons. The van der Waals surface area contributed by atoms with E-state index in [1.54, 1.807) is 6.92 Å². The Morgan fingerprint density at radius 1 is 1.00 bits per heavy atom. The summed E-state index contributed by atoms with van der Waals surface area (Å²) < 4.78 is 15.2. The van der Waals surface area contributed by atoms with Crippen LogP contribution in [0.15, 0.2) is 45.6 Å². The maximum atomic E-state index is 13.2. The quantitative estimate of drug-likeness (QED) is 0.708. The van der Waals surface area contributed by atoms with E-state index < -0.39 is 28.6 Å². The molecule has 0 fully saturated rings. The topological polar surface area (TPSA) is 103 Å². The number of aryl methyl sites for hydroxylation is 2. The van der Waals surface area contributed by atoms with E-state index in [9.17, 15) is 23.6 Å². The number of fused-ring (bicyclic) bond motifs is 3. The highest BCUT2D eigenvalue weighted by molar-refractivity contribution is 6.29. The molecule has 0 aliphatic heterocycles. The van der Waals surface area contributed by atoms with Gasteiger partial charge in [-0.25, -0.2) is 14.2 Å². The molecule has 0 bridgehead atoms. The largest absolute Gasteiger partial charge is 0.352 e. The summed E-state index contributed by atoms with van der Waals surface area (Å²) in [4.78, 5) is 55.7. The van der Waals surface area contributed by atoms with E-state index in [2.05, 4.69) is 10.3 Å². The van der Waals surface area contributed by atoms with Gasteiger partial charge in [0.05, 0.1) is 27.9 Å². The van der Waals surface area contributed by atoms with Gasteiger partial charge in [-0.15, -0.1) is 0 Å². The molecule has 1 aromatic carbocycles. The zero-order valence-corrected chi connectivity index (χ0v) is 16.4. The summed E-state index contributed by atoms with van der Waals surface area (Å²) >= 11 is 0. The minimum atomic E-state index is -0.691. The number of halogens is 1. The summed E-state index contributed by atoms with van der Waals surface area (Å²) in [7, 11) is 2.76. The number of Topliss-reactive ketones (excluding diaryl/α,β-unsaturated/α-hetero) is 1. The van der Waals surface area contributed by atoms with Crippen LogP contribution in [-0.2, 0) is 20.5 Å². The summed E-state index contributed by atoms with van der Waals surface area (Å²) in [5.74, 6) is -1.49. The molecule has 0 saturated carbocycles. The van der Waals surface area contributed by atoms with Gasteiger partial charge in [0, 0.05) is 25.9 Å². The van der Waals surface area contributed by atoms with Gasteiger partial charge in [0.25, 0.3) is 5.56 Å². The second-order valence-corrected chi connectivity index (χ2v) is 6.95. The lowest BCUT2D eigenvalue weighted by atomic mass is 9.88. The number of pyridine rings is 1. The smallest absolute Gasteiger partial charge is 0.332 e. The Morgan fingerprint density at radius 2 is 1.67 bits per heavy atom. The van der Waals surface area contributed by atoms with Crippen LogP contribution in [0, 0.1) is 5.82 Å². The van der Waals surface area contributed by atoms with E-state index in [0.717, 1.165) is 10.6 Å². The molecule has 0 saturated heterocycles. The molecule has 3 aromatic rings. The average Bonchev–Trinajstić information content (AvgIpc) is 2.74. The molecule has 1 N–H and O–H groups in total. The highest BCUT2D eigenvalue weighted by Gasteiger charge is 2.33. The maximum absolute atomic E-state index is 13.2. The van der Waals surface area contributed by atoms with Crippen LogP contribution in [0.25, 0.3) is 11.0 Å². The zero-order valence-electron chi connectivity index (χ0n) is 16.4. The first-order valence-electron chi connectivity index (χ1n) is 9.20. The van der Waals surface area contributed by atoms with Crippen LogP contribution < -0.4 is 16.6 Å². The minimum Gasteiger partial charge on any atom is -0.352 e. The number of hydrogen-bond acceptors (Lipinski definition) is 6. The van der Waals surface area contributed by atoms with Crippen LogP contribution in [0.2, 0.25) is 0 Å². The molecule has 0 spiro atoms. The Balaban J connectivity index is 1.99. The molecule has 9 heteroatoms. The maximum Gasteiger partial charge on any atom is 0.332 e. The molecule has 0 amide bonds. The molecule has 8 nitrogen and oxygen atoms in total. The Labute approximate surface area is 169 Å². The van der Waals surface area contributed by atoms with Gasteiger partial charge < -0.3 is 5.32 Å². The third-order valence-corrected chi connectivity index (χ3v) is 5.11. The number of aromatic nitrogens is 3. The van der Waals surface area contributed by atoms with Gasteiger partial charge in [0.15, 0.2) is 5.78 Å². The zero-order chi connectivity index (χ0) is 21.7. The fourth-order valence-corrected chi connectivity index (χ4v) is 3.57. The highest BCUT2D eigenvalue weighted by atomic mass is 19.1. The van der Waals surface area contributed by atoms with Crippen LogP contribution in [0.1, 0.15) is 33.3 Å². The van der Waals surface area contributed by atoms with Crippen molar-refractivity contribution in [2.45, 2.75) is 13.3 Å². The van der Waals surface area contributed by atoms with E-state index in [1.807, 2.05) is 0 Å². The number of allylic oxidation sites excluding steroid dienone is 2. The highest BCUT2D eigenvalue weighted by Crippen LogP contribution is 2.29. The lowest BCUT2D eigenvalue weighted by molar-refractivity contribution is 0.0985. The van der Waals surface area contributed by atoms with Gasteiger partial charge in [0.1, 0.15) is 11.5 Å². The van der Waals surface area contributed by atoms with Crippen molar-refractivity contribution < 1.29 is 14.0 Å². The molecule has 30 heavy (non-hydrogen) atoms. The summed E-state index contributed by atoms with van der Waals surface area (Å²) in [6.07, 6.45) is 1.42. The summed E-state index contributed by atoms with van der Waals surface area (Å²) in [6.45, 7) is 1.76. The van der Waals surface area contributed by atoms with Gasteiger partial charge >= 0.3 is 5.69 Å². The minimum absolute atomic E-state index is 0.00315. The summed E-state index contributed by atoms with van der Waals surface area (Å²) in [6, 6.07) is 5.33. The third-order valence-electron chi connectivity index (χ3n) is 5.11. The Kier molecular flexibility index (Phi) is 4.45. The van der Waals surface area contributed by atoms with Crippen LogP contribution in [0.3, 0.4) is 0 Å². The lowest BCUT2D eigenvalue weighted by Crippen LogP contribution is -2.39. The van der Waals surface area contributed by atoms with Gasteiger partial charge in [-0.1, -0.05) is 6.92 Å². The van der Waals surface area contributed by atoms with Crippen LogP contribution in [0.4, 0.5) is 10.1 Å². The van der Waals surface area contributed by atoms with Gasteiger partial charge in [0.2, 0.25) is 5.78 Å². The monoisotopic (exact) mass is 408 g/mol. The molecule has 1 aliphatic rings. The fraction of sp³-hybridized carbons (Fsp3) is 0.190. The molecule has 1 aliphatic carbocycles. The number of benzene rings is 1. The second kappa shape index (κ2) is 6.87. The number of rotatable bonds is 3. The van der Waals surface area contributed by atoms with Crippen molar-refractivity contribution in [3.05, 3.63) is 79.5 Å². The Morgan fingerprint density at radius 3 is 2.30 bits per heavy atom. The van der Waals surface area contributed by atoms with Crippen molar-refractivity contribution in [2.75, 3.05) is 5.32 Å².